The summed E-state index contributed by atoms with van der Waals surface area (Å²) in [5.74, 6) is 0.00861. The molecular weight excluding hydrogens is 280 g/mol. The van der Waals surface area contributed by atoms with Gasteiger partial charge in [0, 0.05) is 23.9 Å². The van der Waals surface area contributed by atoms with Gasteiger partial charge in [0.15, 0.2) is 0 Å². The van der Waals surface area contributed by atoms with Crippen LogP contribution in [0.4, 0.5) is 0 Å². The fourth-order valence-corrected chi connectivity index (χ4v) is 2.50. The van der Waals surface area contributed by atoms with E-state index >= 15 is 0 Å². The highest BCUT2D eigenvalue weighted by molar-refractivity contribution is 9.10. The molecular formula is C13H9BrN2O. The Morgan fingerprint density at radius 2 is 2.00 bits per heavy atom. The lowest BCUT2D eigenvalue weighted by Gasteiger charge is -2.00. The van der Waals surface area contributed by atoms with Crippen LogP contribution in [0.3, 0.4) is 0 Å². The van der Waals surface area contributed by atoms with Gasteiger partial charge in [-0.1, -0.05) is 18.2 Å². The molecule has 3 rings (SSSR count). The van der Waals surface area contributed by atoms with Gasteiger partial charge in [-0.25, -0.2) is 4.98 Å². The highest BCUT2D eigenvalue weighted by atomic mass is 79.9. The largest absolute Gasteiger partial charge is 0.280 e. The number of para-hydroxylation sites is 1. The maximum Gasteiger partial charge on any atom is 0.228 e. The number of benzene rings is 1. The molecule has 3 nitrogen and oxygen atoms in total. The number of carbonyl (C=O) groups excluding carboxylic acids is 1. The molecule has 0 fully saturated rings. The zero-order valence-electron chi connectivity index (χ0n) is 9.14. The van der Waals surface area contributed by atoms with Gasteiger partial charge in [-0.2, -0.15) is 0 Å². The highest BCUT2D eigenvalue weighted by Gasteiger charge is 2.13. The molecule has 2 heterocycles. The third-order valence-corrected chi connectivity index (χ3v) is 3.27. The fraction of sp³-hybridized carbons (Fsp3) is 0.0769. The number of hydrogen-bond donors (Lipinski definition) is 0. The van der Waals surface area contributed by atoms with Crippen molar-refractivity contribution < 1.29 is 4.79 Å². The van der Waals surface area contributed by atoms with Gasteiger partial charge in [-0.3, -0.25) is 9.36 Å². The number of carbonyl (C=O) groups is 1. The fourth-order valence-electron chi connectivity index (χ4n) is 2.18. The number of halogens is 1. The zero-order valence-corrected chi connectivity index (χ0v) is 10.7. The summed E-state index contributed by atoms with van der Waals surface area (Å²) >= 11 is 3.34. The first-order chi connectivity index (χ1) is 8.18. The molecule has 2 aromatic heterocycles. The summed E-state index contributed by atoms with van der Waals surface area (Å²) in [6.07, 6.45) is 1.79. The molecule has 0 aliphatic heterocycles. The molecule has 4 heteroatoms. The van der Waals surface area contributed by atoms with Gasteiger partial charge in [-0.05, 0) is 28.1 Å². The summed E-state index contributed by atoms with van der Waals surface area (Å²) in [5.41, 5.74) is 1.82. The minimum absolute atomic E-state index is 0.00861. The predicted octanol–water partition coefficient (Wildman–Crippen LogP) is 3.61. The molecule has 0 spiro atoms. The number of rotatable bonds is 0. The molecule has 0 N–H and O–H groups in total. The number of aromatic nitrogens is 2. The lowest BCUT2D eigenvalue weighted by molar-refractivity contribution is 0.0946. The lowest BCUT2D eigenvalue weighted by Crippen LogP contribution is -2.04. The van der Waals surface area contributed by atoms with E-state index in [-0.39, 0.29) is 5.91 Å². The molecule has 0 radical (unpaired) electrons. The van der Waals surface area contributed by atoms with Crippen molar-refractivity contribution in [2.24, 2.45) is 0 Å². The van der Waals surface area contributed by atoms with Crippen LogP contribution in [0.2, 0.25) is 0 Å². The minimum Gasteiger partial charge on any atom is -0.280 e. The van der Waals surface area contributed by atoms with Crippen molar-refractivity contribution in [3.8, 4) is 0 Å². The van der Waals surface area contributed by atoms with Gasteiger partial charge in [0.05, 0.1) is 11.0 Å². The summed E-state index contributed by atoms with van der Waals surface area (Å²) in [5, 5.41) is 2.05. The number of pyridine rings is 1. The van der Waals surface area contributed by atoms with Gasteiger partial charge in [-0.15, -0.1) is 0 Å². The van der Waals surface area contributed by atoms with Crippen LogP contribution in [0.5, 0.6) is 0 Å². The SMILES string of the molecule is CC(=O)n1c2ccccc2c2cnc(Br)cc21. The van der Waals surface area contributed by atoms with E-state index < -0.39 is 0 Å². The van der Waals surface area contributed by atoms with Crippen molar-refractivity contribution in [1.82, 2.24) is 9.55 Å². The van der Waals surface area contributed by atoms with Crippen molar-refractivity contribution >= 4 is 43.6 Å². The molecule has 0 saturated carbocycles. The average Bonchev–Trinajstić information content (AvgIpc) is 2.62. The molecule has 17 heavy (non-hydrogen) atoms. The quantitative estimate of drug-likeness (QED) is 0.592. The Hall–Kier alpha value is -1.68. The van der Waals surface area contributed by atoms with E-state index in [0.717, 1.165) is 26.4 Å². The van der Waals surface area contributed by atoms with Crippen LogP contribution >= 0.6 is 15.9 Å². The highest BCUT2D eigenvalue weighted by Crippen LogP contribution is 2.29. The van der Waals surface area contributed by atoms with Crippen LogP contribution in [0.25, 0.3) is 21.8 Å². The van der Waals surface area contributed by atoms with Crippen LogP contribution in [0, 0.1) is 0 Å². The Kier molecular flexibility index (Phi) is 2.26. The van der Waals surface area contributed by atoms with E-state index in [0.29, 0.717) is 0 Å². The van der Waals surface area contributed by atoms with E-state index in [1.54, 1.807) is 17.7 Å². The lowest BCUT2D eigenvalue weighted by atomic mass is 10.2. The summed E-state index contributed by atoms with van der Waals surface area (Å²) in [4.78, 5) is 16.0. The molecule has 0 unspecified atom stereocenters. The molecule has 0 aliphatic rings. The van der Waals surface area contributed by atoms with E-state index in [4.69, 9.17) is 0 Å². The van der Waals surface area contributed by atoms with Crippen LogP contribution in [-0.2, 0) is 0 Å². The summed E-state index contributed by atoms with van der Waals surface area (Å²) in [6, 6.07) is 9.73. The van der Waals surface area contributed by atoms with Gasteiger partial charge >= 0.3 is 0 Å². The average molecular weight is 289 g/mol. The van der Waals surface area contributed by atoms with Gasteiger partial charge in [0.25, 0.3) is 0 Å². The van der Waals surface area contributed by atoms with Crippen molar-refractivity contribution in [2.45, 2.75) is 6.92 Å². The molecule has 84 valence electrons. The third-order valence-electron chi connectivity index (χ3n) is 2.84. The molecule has 3 aromatic rings. The molecule has 0 atom stereocenters. The van der Waals surface area contributed by atoms with E-state index in [1.165, 1.54) is 0 Å². The normalized spacial score (nSPS) is 11.2. The third kappa shape index (κ3) is 1.48. The van der Waals surface area contributed by atoms with Gasteiger partial charge < -0.3 is 0 Å². The number of hydrogen-bond acceptors (Lipinski definition) is 2. The molecule has 0 amide bonds. The van der Waals surface area contributed by atoms with Crippen LogP contribution in [0.1, 0.15) is 11.7 Å². The minimum atomic E-state index is 0.00861. The molecule has 1 aromatic carbocycles. The first-order valence-corrected chi connectivity index (χ1v) is 6.03. The molecule has 0 saturated heterocycles. The Bertz CT molecular complexity index is 746. The van der Waals surface area contributed by atoms with Crippen molar-refractivity contribution in [1.29, 1.82) is 0 Å². The maximum absolute atomic E-state index is 11.8. The first kappa shape index (κ1) is 10.5. The summed E-state index contributed by atoms with van der Waals surface area (Å²) < 4.78 is 2.45. The molecule has 0 bridgehead atoms. The van der Waals surface area contributed by atoms with Crippen molar-refractivity contribution in [3.05, 3.63) is 41.1 Å². The number of nitrogens with zero attached hydrogens (tertiary/aromatic N) is 2. The second-order valence-electron chi connectivity index (χ2n) is 3.90. The predicted molar refractivity (Wildman–Crippen MR) is 71.2 cm³/mol. The van der Waals surface area contributed by atoms with Crippen molar-refractivity contribution in [3.63, 3.8) is 0 Å². The monoisotopic (exact) mass is 288 g/mol. The van der Waals surface area contributed by atoms with Crippen molar-refractivity contribution in [2.75, 3.05) is 0 Å². The molecule has 0 aliphatic carbocycles. The zero-order chi connectivity index (χ0) is 12.0. The first-order valence-electron chi connectivity index (χ1n) is 5.24. The Morgan fingerprint density at radius 1 is 1.24 bits per heavy atom. The topological polar surface area (TPSA) is 34.9 Å². The number of fused-ring (bicyclic) bond motifs is 3. The van der Waals surface area contributed by atoms with E-state index in [9.17, 15) is 4.79 Å². The van der Waals surface area contributed by atoms with Crippen LogP contribution < -0.4 is 0 Å². The Morgan fingerprint density at radius 3 is 2.76 bits per heavy atom. The van der Waals surface area contributed by atoms with Crippen LogP contribution in [-0.4, -0.2) is 15.5 Å². The second-order valence-corrected chi connectivity index (χ2v) is 4.71. The smallest absolute Gasteiger partial charge is 0.228 e. The summed E-state index contributed by atoms with van der Waals surface area (Å²) in [7, 11) is 0. The van der Waals surface area contributed by atoms with Crippen LogP contribution in [0.15, 0.2) is 41.1 Å². The maximum atomic E-state index is 11.8. The Balaban J connectivity index is 2.62. The standard InChI is InChI=1S/C13H9BrN2O/c1-8(17)16-11-5-3-2-4-9(11)10-7-15-13(14)6-12(10)16/h2-7H,1H3. The Labute approximate surface area is 106 Å². The van der Waals surface area contributed by atoms with Gasteiger partial charge in [0.1, 0.15) is 4.60 Å². The second kappa shape index (κ2) is 3.67. The van der Waals surface area contributed by atoms with E-state index in [2.05, 4.69) is 20.9 Å². The summed E-state index contributed by atoms with van der Waals surface area (Å²) in [6.45, 7) is 1.57. The van der Waals surface area contributed by atoms with Gasteiger partial charge in [0.2, 0.25) is 5.91 Å². The van der Waals surface area contributed by atoms with E-state index in [1.807, 2.05) is 30.3 Å².